The molecule has 0 N–H and O–H groups in total. The highest BCUT2D eigenvalue weighted by Crippen LogP contribution is 2.40. The Balaban J connectivity index is 2.11. The fraction of sp³-hybridized carbons (Fsp3) is 0.259. The van der Waals surface area contributed by atoms with E-state index in [9.17, 15) is 21.6 Å². The summed E-state index contributed by atoms with van der Waals surface area (Å²) in [5, 5.41) is 0. The van der Waals surface area contributed by atoms with Gasteiger partial charge in [0, 0.05) is 5.56 Å². The van der Waals surface area contributed by atoms with Crippen LogP contribution in [0.5, 0.6) is 28.7 Å². The summed E-state index contributed by atoms with van der Waals surface area (Å²) in [7, 11) is 2.98. The van der Waals surface area contributed by atoms with Crippen molar-refractivity contribution in [2.75, 3.05) is 35.5 Å². The van der Waals surface area contributed by atoms with Crippen LogP contribution >= 0.6 is 0 Å². The molecular formula is C27H27F3O7S. The number of sulfone groups is 1. The van der Waals surface area contributed by atoms with Gasteiger partial charge in [-0.25, -0.2) is 8.42 Å². The van der Waals surface area contributed by atoms with E-state index in [1.165, 1.54) is 35.5 Å². The van der Waals surface area contributed by atoms with Gasteiger partial charge in [-0.2, -0.15) is 13.2 Å². The Kier molecular flexibility index (Phi) is 8.82. The van der Waals surface area contributed by atoms with Crippen molar-refractivity contribution >= 4 is 22.0 Å². The lowest BCUT2D eigenvalue weighted by Gasteiger charge is -2.16. The van der Waals surface area contributed by atoms with E-state index in [0.29, 0.717) is 34.4 Å². The molecule has 0 unspecified atom stereocenters. The molecule has 0 heterocycles. The highest BCUT2D eigenvalue weighted by molar-refractivity contribution is 7.90. The van der Waals surface area contributed by atoms with Gasteiger partial charge in [0.05, 0.1) is 51.8 Å². The minimum absolute atomic E-state index is 0.148. The molecule has 3 aromatic rings. The largest absolute Gasteiger partial charge is 0.493 e. The second kappa shape index (κ2) is 11.7. The van der Waals surface area contributed by atoms with E-state index in [4.69, 9.17) is 23.7 Å². The van der Waals surface area contributed by atoms with Crippen molar-refractivity contribution < 1.29 is 45.3 Å². The average Bonchev–Trinajstić information content (AvgIpc) is 2.90. The van der Waals surface area contributed by atoms with Crippen molar-refractivity contribution in [2.24, 2.45) is 0 Å². The van der Waals surface area contributed by atoms with Crippen LogP contribution in [0.2, 0.25) is 0 Å². The van der Waals surface area contributed by atoms with E-state index < -0.39 is 32.2 Å². The number of hydrogen-bond donors (Lipinski definition) is 0. The summed E-state index contributed by atoms with van der Waals surface area (Å²) in [6, 6.07) is 10.3. The molecule has 0 saturated heterocycles. The average molecular weight is 553 g/mol. The molecular weight excluding hydrogens is 525 g/mol. The first-order chi connectivity index (χ1) is 18.0. The van der Waals surface area contributed by atoms with Gasteiger partial charge in [0.15, 0.2) is 32.8 Å². The molecule has 0 aliphatic heterocycles. The number of hydrogen-bond acceptors (Lipinski definition) is 7. The fourth-order valence-electron chi connectivity index (χ4n) is 3.83. The second-order valence-corrected chi connectivity index (χ2v) is 9.94. The molecule has 0 fully saturated rings. The zero-order valence-electron chi connectivity index (χ0n) is 21.4. The van der Waals surface area contributed by atoms with Crippen molar-refractivity contribution in [1.82, 2.24) is 0 Å². The molecule has 0 aliphatic carbocycles. The SMILES string of the molecule is COc1cc(/C=C\c2ccc(OC)c(OC)c2CS(=O)(=O)c2cccc(C(F)(F)F)c2)cc(OC)c1OC. The van der Waals surface area contributed by atoms with E-state index in [0.717, 1.165) is 18.2 Å². The Labute approximate surface area is 219 Å². The van der Waals surface area contributed by atoms with Crippen LogP contribution in [-0.4, -0.2) is 44.0 Å². The molecule has 3 aromatic carbocycles. The Hall–Kier alpha value is -3.86. The summed E-state index contributed by atoms with van der Waals surface area (Å²) in [4.78, 5) is -0.461. The third-order valence-corrected chi connectivity index (χ3v) is 7.32. The molecule has 38 heavy (non-hydrogen) atoms. The van der Waals surface area contributed by atoms with Crippen LogP contribution in [0.4, 0.5) is 13.2 Å². The van der Waals surface area contributed by atoms with Crippen LogP contribution in [0, 0.1) is 0 Å². The summed E-state index contributed by atoms with van der Waals surface area (Å²) in [5.41, 5.74) is 0.263. The predicted molar refractivity (Wildman–Crippen MR) is 137 cm³/mol. The molecule has 0 aromatic heterocycles. The molecule has 204 valence electrons. The number of methoxy groups -OCH3 is 5. The van der Waals surface area contributed by atoms with Crippen molar-refractivity contribution in [3.63, 3.8) is 0 Å². The topological polar surface area (TPSA) is 80.3 Å². The molecule has 7 nitrogen and oxygen atoms in total. The fourth-order valence-corrected chi connectivity index (χ4v) is 5.27. The summed E-state index contributed by atoms with van der Waals surface area (Å²) < 4.78 is 93.1. The van der Waals surface area contributed by atoms with Crippen molar-refractivity contribution in [2.45, 2.75) is 16.8 Å². The quantitative estimate of drug-likeness (QED) is 0.290. The number of alkyl halides is 3. The van der Waals surface area contributed by atoms with E-state index in [1.54, 1.807) is 36.4 Å². The number of ether oxygens (including phenoxy) is 5. The first kappa shape index (κ1) is 28.7. The van der Waals surface area contributed by atoms with Gasteiger partial charge in [-0.15, -0.1) is 0 Å². The standard InChI is InChI=1S/C27H27F3O7S/c1-33-22-12-11-18(10-9-17-13-23(34-2)26(37-5)24(14-17)35-3)21(25(22)36-4)16-38(31,32)20-8-6-7-19(15-20)27(28,29)30/h6-15H,16H2,1-5H3/b10-9-. The van der Waals surface area contributed by atoms with Crippen LogP contribution in [0.3, 0.4) is 0 Å². The highest BCUT2D eigenvalue weighted by atomic mass is 32.2. The molecule has 0 saturated carbocycles. The third-order valence-electron chi connectivity index (χ3n) is 5.68. The molecule has 0 bridgehead atoms. The smallest absolute Gasteiger partial charge is 0.416 e. The third kappa shape index (κ3) is 6.16. The van der Waals surface area contributed by atoms with E-state index in [1.807, 2.05) is 0 Å². The van der Waals surface area contributed by atoms with Gasteiger partial charge in [-0.1, -0.05) is 24.3 Å². The van der Waals surface area contributed by atoms with Gasteiger partial charge in [0.1, 0.15) is 0 Å². The van der Waals surface area contributed by atoms with Gasteiger partial charge in [0.25, 0.3) is 0 Å². The molecule has 0 radical (unpaired) electrons. The molecule has 11 heteroatoms. The first-order valence-corrected chi connectivity index (χ1v) is 12.8. The van der Waals surface area contributed by atoms with Crippen LogP contribution in [0.1, 0.15) is 22.3 Å². The van der Waals surface area contributed by atoms with Gasteiger partial charge in [-0.05, 0) is 47.5 Å². The number of halogens is 3. The lowest BCUT2D eigenvalue weighted by atomic mass is 10.0. The van der Waals surface area contributed by atoms with Crippen LogP contribution in [0.15, 0.2) is 53.4 Å². The van der Waals surface area contributed by atoms with Gasteiger partial charge in [-0.3, -0.25) is 0 Å². The first-order valence-electron chi connectivity index (χ1n) is 11.1. The Morgan fingerprint density at radius 1 is 0.737 bits per heavy atom. The Morgan fingerprint density at radius 3 is 1.87 bits per heavy atom. The monoisotopic (exact) mass is 552 g/mol. The van der Waals surface area contributed by atoms with Crippen molar-refractivity contribution in [3.8, 4) is 28.7 Å². The van der Waals surface area contributed by atoms with Crippen molar-refractivity contribution in [1.29, 1.82) is 0 Å². The number of rotatable bonds is 10. The summed E-state index contributed by atoms with van der Waals surface area (Å²) in [6.45, 7) is 0. The minimum Gasteiger partial charge on any atom is -0.493 e. The highest BCUT2D eigenvalue weighted by Gasteiger charge is 2.32. The maximum Gasteiger partial charge on any atom is 0.416 e. The molecule has 0 aliphatic rings. The predicted octanol–water partition coefficient (Wildman–Crippen LogP) is 5.89. The normalized spacial score (nSPS) is 11.9. The summed E-state index contributed by atoms with van der Waals surface area (Å²) in [6.07, 6.45) is -1.33. The van der Waals surface area contributed by atoms with E-state index >= 15 is 0 Å². The summed E-state index contributed by atoms with van der Waals surface area (Å²) >= 11 is 0. The lowest BCUT2D eigenvalue weighted by molar-refractivity contribution is -0.137. The zero-order chi connectivity index (χ0) is 28.1. The molecule has 0 amide bonds. The Bertz CT molecular complexity index is 1410. The Morgan fingerprint density at radius 2 is 1.34 bits per heavy atom. The van der Waals surface area contributed by atoms with Crippen LogP contribution < -0.4 is 23.7 Å². The zero-order valence-corrected chi connectivity index (χ0v) is 22.2. The lowest BCUT2D eigenvalue weighted by Crippen LogP contribution is -2.11. The van der Waals surface area contributed by atoms with E-state index in [-0.39, 0.29) is 17.1 Å². The van der Waals surface area contributed by atoms with Crippen LogP contribution in [0.25, 0.3) is 12.2 Å². The van der Waals surface area contributed by atoms with Gasteiger partial charge < -0.3 is 23.7 Å². The minimum atomic E-state index is -4.69. The van der Waals surface area contributed by atoms with Crippen molar-refractivity contribution in [3.05, 3.63) is 70.8 Å². The molecule has 0 atom stereocenters. The van der Waals surface area contributed by atoms with Gasteiger partial charge >= 0.3 is 6.18 Å². The number of benzene rings is 3. The maximum absolute atomic E-state index is 13.3. The maximum atomic E-state index is 13.3. The second-order valence-electron chi connectivity index (χ2n) is 7.95. The molecule has 0 spiro atoms. The summed E-state index contributed by atoms with van der Waals surface area (Å²) in [5.74, 6) is 1.04. The molecule has 3 rings (SSSR count). The van der Waals surface area contributed by atoms with Gasteiger partial charge in [0.2, 0.25) is 5.75 Å². The van der Waals surface area contributed by atoms with Crippen LogP contribution in [-0.2, 0) is 21.8 Å². The van der Waals surface area contributed by atoms with E-state index in [2.05, 4.69) is 0 Å².